The van der Waals surface area contributed by atoms with Gasteiger partial charge in [-0.15, -0.1) is 0 Å². The van der Waals surface area contributed by atoms with Crippen LogP contribution in [0.4, 0.5) is 16.2 Å². The van der Waals surface area contributed by atoms with Gasteiger partial charge in [0.05, 0.1) is 17.0 Å². The number of sulfone groups is 1. The van der Waals surface area contributed by atoms with Gasteiger partial charge in [0, 0.05) is 38.0 Å². The Kier molecular flexibility index (Phi) is 9.01. The first kappa shape index (κ1) is 31.9. The molecule has 3 aliphatic rings. The molecule has 1 amide bonds. The molecule has 1 heterocycles. The maximum Gasteiger partial charge on any atom is 0.225 e. The van der Waals surface area contributed by atoms with Gasteiger partial charge in [-0.1, -0.05) is 18.2 Å². The summed E-state index contributed by atoms with van der Waals surface area (Å²) in [7, 11) is 0.769. The summed E-state index contributed by atoms with van der Waals surface area (Å²) >= 11 is 0. The molecule has 1 saturated carbocycles. The first-order chi connectivity index (χ1) is 22.0. The highest BCUT2D eigenvalue weighted by Crippen LogP contribution is 2.44. The molecule has 3 aromatic rings. The Morgan fingerprint density at radius 3 is 2.37 bits per heavy atom. The Bertz CT molecular complexity index is 1820. The number of anilines is 2. The summed E-state index contributed by atoms with van der Waals surface area (Å²) in [5.41, 5.74) is 7.47. The van der Waals surface area contributed by atoms with Crippen molar-refractivity contribution in [1.29, 1.82) is 0 Å². The second kappa shape index (κ2) is 13.0. The Labute approximate surface area is 271 Å². The van der Waals surface area contributed by atoms with Gasteiger partial charge in [-0.25, -0.2) is 17.8 Å². The summed E-state index contributed by atoms with van der Waals surface area (Å²) in [5.74, 6) is 1.28. The summed E-state index contributed by atoms with van der Waals surface area (Å²) in [4.78, 5) is 25.4. The van der Waals surface area contributed by atoms with Gasteiger partial charge < -0.3 is 15.5 Å². The number of amides is 1. The van der Waals surface area contributed by atoms with E-state index >= 15 is 0 Å². The quantitative estimate of drug-likeness (QED) is 0.300. The van der Waals surface area contributed by atoms with Crippen LogP contribution in [0.5, 0.6) is 0 Å². The van der Waals surface area contributed by atoms with E-state index in [1.165, 1.54) is 30.4 Å². The lowest BCUT2D eigenvalue weighted by atomic mass is 9.91. The van der Waals surface area contributed by atoms with E-state index in [1.807, 2.05) is 27.1 Å². The number of halogens is 1. The van der Waals surface area contributed by atoms with E-state index in [2.05, 4.69) is 15.5 Å². The number of fused-ring (bicyclic) bond motifs is 2. The molecule has 0 radical (unpaired) electrons. The van der Waals surface area contributed by atoms with E-state index in [1.54, 1.807) is 30.3 Å². The van der Waals surface area contributed by atoms with Crippen LogP contribution in [0, 0.1) is 5.82 Å². The molecule has 242 valence electrons. The number of benzene rings is 2. The van der Waals surface area contributed by atoms with Crippen LogP contribution in [0.3, 0.4) is 0 Å². The third kappa shape index (κ3) is 6.87. The predicted molar refractivity (Wildman–Crippen MR) is 182 cm³/mol. The highest BCUT2D eigenvalue weighted by molar-refractivity contribution is 7.90. The zero-order valence-corrected chi connectivity index (χ0v) is 27.8. The molecular formula is C36H42FN5O3S. The lowest BCUT2D eigenvalue weighted by Crippen LogP contribution is -2.40. The average Bonchev–Trinajstić information content (AvgIpc) is 3.26. The number of nitrogens with zero attached hydrogens (tertiary/aromatic N) is 3. The normalized spacial score (nSPS) is 20.3. The third-order valence-corrected chi connectivity index (χ3v) is 10.5. The van der Waals surface area contributed by atoms with Crippen LogP contribution < -0.4 is 15.5 Å². The molecular weight excluding hydrogens is 601 g/mol. The van der Waals surface area contributed by atoms with Gasteiger partial charge in [-0.3, -0.25) is 4.79 Å². The standard InChI is InChI=1S/C36H42FN5O3S/c1-22-30(19-23-9-16-27(17-10-23)46(4,44)45)28-18-11-24(37)20-32(28)31(22)21-34(43)38-25-12-14-26(15-13-25)39-36-40-33-8-6-5-7-29(33)35(41-36)42(2)3/h9-11,16-20,25-26H,5-8,12-15,21H2,1-4H3,(H,38,43)(H,39,40,41)/t25-,26+. The molecule has 2 aromatic carbocycles. The zero-order chi connectivity index (χ0) is 32.6. The Balaban J connectivity index is 1.11. The number of carbonyl (C=O) groups is 1. The molecule has 8 nitrogen and oxygen atoms in total. The van der Waals surface area contributed by atoms with Gasteiger partial charge in [0.25, 0.3) is 0 Å². The van der Waals surface area contributed by atoms with Gasteiger partial charge >= 0.3 is 0 Å². The lowest BCUT2D eigenvalue weighted by Gasteiger charge is -2.30. The molecule has 0 atom stereocenters. The number of hydrogen-bond acceptors (Lipinski definition) is 7. The van der Waals surface area contributed by atoms with Crippen LogP contribution in [-0.2, 0) is 27.5 Å². The van der Waals surface area contributed by atoms with E-state index in [-0.39, 0.29) is 35.1 Å². The minimum atomic E-state index is -3.30. The van der Waals surface area contributed by atoms with Crippen LogP contribution >= 0.6 is 0 Å². The molecule has 10 heteroatoms. The molecule has 1 fully saturated rings. The number of allylic oxidation sites excluding steroid dienone is 2. The maximum absolute atomic E-state index is 14.4. The van der Waals surface area contributed by atoms with Gasteiger partial charge in [-0.2, -0.15) is 4.98 Å². The molecule has 1 aromatic heterocycles. The fraction of sp³-hybridized carbons (Fsp3) is 0.417. The first-order valence-electron chi connectivity index (χ1n) is 16.1. The predicted octanol–water partition coefficient (Wildman–Crippen LogP) is 6.22. The molecule has 2 N–H and O–H groups in total. The maximum atomic E-state index is 14.4. The van der Waals surface area contributed by atoms with Gasteiger partial charge in [0.2, 0.25) is 11.9 Å². The van der Waals surface area contributed by atoms with Crippen LogP contribution in [0.2, 0.25) is 0 Å². The fourth-order valence-corrected chi connectivity index (χ4v) is 7.60. The largest absolute Gasteiger partial charge is 0.362 e. The molecule has 0 aliphatic heterocycles. The Hall–Kier alpha value is -4.05. The van der Waals surface area contributed by atoms with Crippen molar-refractivity contribution >= 4 is 44.7 Å². The minimum Gasteiger partial charge on any atom is -0.362 e. The summed E-state index contributed by atoms with van der Waals surface area (Å²) < 4.78 is 38.2. The van der Waals surface area contributed by atoms with Crippen molar-refractivity contribution in [1.82, 2.24) is 15.3 Å². The topological polar surface area (TPSA) is 104 Å². The van der Waals surface area contributed by atoms with Gasteiger partial charge in [0.15, 0.2) is 9.84 Å². The number of aromatic nitrogens is 2. The average molecular weight is 644 g/mol. The number of aryl methyl sites for hydroxylation is 1. The molecule has 0 unspecified atom stereocenters. The smallest absolute Gasteiger partial charge is 0.225 e. The van der Waals surface area contributed by atoms with Crippen molar-refractivity contribution < 1.29 is 17.6 Å². The number of carbonyl (C=O) groups excluding carboxylic acids is 1. The molecule has 3 aliphatic carbocycles. The van der Waals surface area contributed by atoms with Crippen LogP contribution in [0.15, 0.2) is 52.9 Å². The second-order valence-corrected chi connectivity index (χ2v) is 15.0. The SMILES string of the molecule is CC1=C(CC(=O)N[C@H]2CC[C@@H](Nc3nc4c(c(N(C)C)n3)CCCC4)CC2)c2cc(F)ccc2C1=Cc1ccc(S(C)(=O)=O)cc1. The summed E-state index contributed by atoms with van der Waals surface area (Å²) in [6, 6.07) is 11.7. The molecule has 46 heavy (non-hydrogen) atoms. The van der Waals surface area contributed by atoms with Crippen LogP contribution in [0.25, 0.3) is 17.2 Å². The summed E-state index contributed by atoms with van der Waals surface area (Å²) in [6.07, 6.45) is 11.2. The van der Waals surface area contributed by atoms with Crippen molar-refractivity contribution in [2.45, 2.75) is 81.7 Å². The third-order valence-electron chi connectivity index (χ3n) is 9.42. The molecule has 0 bridgehead atoms. The van der Waals surface area contributed by atoms with Crippen LogP contribution in [-0.4, -0.2) is 56.7 Å². The van der Waals surface area contributed by atoms with Crippen molar-refractivity contribution in [3.8, 4) is 0 Å². The van der Waals surface area contributed by atoms with Crippen molar-refractivity contribution in [3.05, 3.63) is 81.8 Å². The number of rotatable bonds is 8. The molecule has 6 rings (SSSR count). The summed E-state index contributed by atoms with van der Waals surface area (Å²) in [6.45, 7) is 1.96. The van der Waals surface area contributed by atoms with Crippen molar-refractivity contribution in [2.75, 3.05) is 30.6 Å². The van der Waals surface area contributed by atoms with Gasteiger partial charge in [-0.05, 0) is 122 Å². The molecule has 0 saturated heterocycles. The highest BCUT2D eigenvalue weighted by Gasteiger charge is 2.28. The second-order valence-electron chi connectivity index (χ2n) is 13.0. The van der Waals surface area contributed by atoms with Gasteiger partial charge in [0.1, 0.15) is 11.6 Å². The summed E-state index contributed by atoms with van der Waals surface area (Å²) in [5, 5.41) is 6.81. The minimum absolute atomic E-state index is 0.0741. The Morgan fingerprint density at radius 2 is 1.67 bits per heavy atom. The number of hydrogen-bond donors (Lipinski definition) is 2. The van der Waals surface area contributed by atoms with E-state index < -0.39 is 9.84 Å². The van der Waals surface area contributed by atoms with Crippen molar-refractivity contribution in [3.63, 3.8) is 0 Å². The molecule has 0 spiro atoms. The first-order valence-corrected chi connectivity index (χ1v) is 18.0. The van der Waals surface area contributed by atoms with E-state index in [4.69, 9.17) is 9.97 Å². The number of nitrogens with one attached hydrogen (secondary N) is 2. The van der Waals surface area contributed by atoms with Crippen LogP contribution in [0.1, 0.15) is 79.8 Å². The van der Waals surface area contributed by atoms with E-state index in [9.17, 15) is 17.6 Å². The van der Waals surface area contributed by atoms with E-state index in [0.29, 0.717) is 5.95 Å². The lowest BCUT2D eigenvalue weighted by molar-refractivity contribution is -0.121. The highest BCUT2D eigenvalue weighted by atomic mass is 32.2. The fourth-order valence-electron chi connectivity index (χ4n) is 6.97. The van der Waals surface area contributed by atoms with Crippen molar-refractivity contribution in [2.24, 2.45) is 0 Å². The van der Waals surface area contributed by atoms with E-state index in [0.717, 1.165) is 89.9 Å². The zero-order valence-electron chi connectivity index (χ0n) is 27.0. The monoisotopic (exact) mass is 643 g/mol. The Morgan fingerprint density at radius 1 is 0.978 bits per heavy atom.